The molecule has 2 N–H and O–H groups in total. The number of hydrogen-bond acceptors (Lipinski definition) is 6. The molecule has 132 valence electrons. The third kappa shape index (κ3) is 3.24. The summed E-state index contributed by atoms with van der Waals surface area (Å²) in [6.45, 7) is 1.39. The van der Waals surface area contributed by atoms with Gasteiger partial charge in [-0.05, 0) is 24.3 Å². The molecule has 0 saturated carbocycles. The van der Waals surface area contributed by atoms with Crippen LogP contribution in [-0.2, 0) is 16.2 Å². The number of hydrogen-bond donors (Lipinski definition) is 2. The summed E-state index contributed by atoms with van der Waals surface area (Å²) >= 11 is 0. The summed E-state index contributed by atoms with van der Waals surface area (Å²) < 4.78 is 64.8. The van der Waals surface area contributed by atoms with Crippen LogP contribution < -0.4 is 10.7 Å². The van der Waals surface area contributed by atoms with Crippen LogP contribution in [0.25, 0.3) is 0 Å². The molecular formula is C13H16F3N5O2S. The number of halogens is 3. The number of nitrogens with one attached hydrogen (secondary N) is 2. The van der Waals surface area contributed by atoms with Crippen molar-refractivity contribution < 1.29 is 21.6 Å². The van der Waals surface area contributed by atoms with Crippen molar-refractivity contribution in [3.63, 3.8) is 0 Å². The normalized spacial score (nSPS) is 23.0. The van der Waals surface area contributed by atoms with Gasteiger partial charge in [0.15, 0.2) is 0 Å². The van der Waals surface area contributed by atoms with E-state index in [4.69, 9.17) is 0 Å². The molecule has 24 heavy (non-hydrogen) atoms. The molecule has 0 aromatic heterocycles. The molecule has 2 heterocycles. The first-order valence-corrected chi connectivity index (χ1v) is 8.66. The second kappa shape index (κ2) is 6.31. The van der Waals surface area contributed by atoms with E-state index in [0.29, 0.717) is 19.8 Å². The molecule has 0 bridgehead atoms. The Bertz CT molecular complexity index is 720. The maximum atomic E-state index is 12.8. The maximum Gasteiger partial charge on any atom is 0.416 e. The minimum absolute atomic E-state index is 0.168. The summed E-state index contributed by atoms with van der Waals surface area (Å²) in [6, 6.07) is 3.53. The molecule has 0 radical (unpaired) electrons. The van der Waals surface area contributed by atoms with Gasteiger partial charge in [0, 0.05) is 19.6 Å². The van der Waals surface area contributed by atoms with Crippen molar-refractivity contribution in [2.24, 2.45) is 4.99 Å². The van der Waals surface area contributed by atoms with Gasteiger partial charge in [-0.25, -0.2) is 13.8 Å². The summed E-state index contributed by atoms with van der Waals surface area (Å²) in [5.41, 5.74) is 2.04. The summed E-state index contributed by atoms with van der Waals surface area (Å²) in [4.78, 5) is 3.82. The van der Waals surface area contributed by atoms with Crippen molar-refractivity contribution in [3.05, 3.63) is 29.8 Å². The van der Waals surface area contributed by atoms with Crippen molar-refractivity contribution in [1.29, 1.82) is 0 Å². The van der Waals surface area contributed by atoms with Gasteiger partial charge >= 0.3 is 6.18 Å². The van der Waals surface area contributed by atoms with Crippen molar-refractivity contribution in [2.45, 2.75) is 17.2 Å². The highest BCUT2D eigenvalue weighted by Gasteiger charge is 2.38. The smallest absolute Gasteiger partial charge is 0.312 e. The largest absolute Gasteiger partial charge is 0.416 e. The van der Waals surface area contributed by atoms with Crippen LogP contribution in [0.15, 0.2) is 34.2 Å². The predicted octanol–water partition coefficient (Wildman–Crippen LogP) is 0.431. The summed E-state index contributed by atoms with van der Waals surface area (Å²) in [6.07, 6.45) is -3.54. The number of benzene rings is 1. The molecule has 1 fully saturated rings. The zero-order chi connectivity index (χ0) is 17.4. The zero-order valence-electron chi connectivity index (χ0n) is 12.5. The van der Waals surface area contributed by atoms with Crippen LogP contribution in [0.4, 0.5) is 13.2 Å². The first kappa shape index (κ1) is 17.1. The fraction of sp³-hybridized carbons (Fsp3) is 0.462. The SMILES string of the molecule is O=S(=O)(c1ccc(C(F)(F)F)cc1)N1CCNCC1N1C=NCN1. The summed E-state index contributed by atoms with van der Waals surface area (Å²) in [5.74, 6) is 0. The van der Waals surface area contributed by atoms with E-state index in [2.05, 4.69) is 15.7 Å². The van der Waals surface area contributed by atoms with E-state index in [0.717, 1.165) is 24.3 Å². The molecule has 1 aromatic carbocycles. The number of alkyl halides is 3. The van der Waals surface area contributed by atoms with Crippen molar-refractivity contribution >= 4 is 16.4 Å². The Hall–Kier alpha value is -1.69. The Morgan fingerprint density at radius 3 is 2.50 bits per heavy atom. The molecule has 0 spiro atoms. The minimum atomic E-state index is -4.50. The van der Waals surface area contributed by atoms with Crippen LogP contribution >= 0.6 is 0 Å². The van der Waals surface area contributed by atoms with Gasteiger partial charge < -0.3 is 5.32 Å². The zero-order valence-corrected chi connectivity index (χ0v) is 13.3. The third-order valence-electron chi connectivity index (χ3n) is 3.83. The van der Waals surface area contributed by atoms with Gasteiger partial charge in [-0.3, -0.25) is 10.0 Å². The standard InChI is InChI=1S/C13H16F3N5O2S/c14-13(15,16)10-1-3-11(4-2-10)24(22,23)21-6-5-17-7-12(21)20-9-18-8-19-20/h1-4,9,12,17,19H,5-8H2. The van der Waals surface area contributed by atoms with Gasteiger partial charge in [0.25, 0.3) is 0 Å². The van der Waals surface area contributed by atoms with Gasteiger partial charge in [0.1, 0.15) is 19.2 Å². The van der Waals surface area contributed by atoms with E-state index >= 15 is 0 Å². The maximum absolute atomic E-state index is 12.8. The fourth-order valence-electron chi connectivity index (χ4n) is 2.61. The van der Waals surface area contributed by atoms with Gasteiger partial charge in [0.2, 0.25) is 10.0 Å². The average Bonchev–Trinajstić information content (AvgIpc) is 3.08. The van der Waals surface area contributed by atoms with E-state index in [1.165, 1.54) is 10.6 Å². The molecule has 7 nitrogen and oxygen atoms in total. The number of aliphatic imine (C=N–C) groups is 1. The molecule has 2 aliphatic rings. The Morgan fingerprint density at radius 2 is 1.92 bits per heavy atom. The lowest BCUT2D eigenvalue weighted by atomic mass is 10.2. The van der Waals surface area contributed by atoms with Crippen LogP contribution in [0.5, 0.6) is 0 Å². The molecule has 3 rings (SSSR count). The molecule has 1 atom stereocenters. The Morgan fingerprint density at radius 1 is 1.21 bits per heavy atom. The number of piperazine rings is 1. The van der Waals surface area contributed by atoms with Crippen LogP contribution in [0.2, 0.25) is 0 Å². The van der Waals surface area contributed by atoms with Gasteiger partial charge in [-0.15, -0.1) is 0 Å². The van der Waals surface area contributed by atoms with Gasteiger partial charge in [-0.1, -0.05) is 0 Å². The van der Waals surface area contributed by atoms with Crippen molar-refractivity contribution in [1.82, 2.24) is 20.1 Å². The molecule has 11 heteroatoms. The van der Waals surface area contributed by atoms with E-state index in [1.54, 1.807) is 5.01 Å². The van der Waals surface area contributed by atoms with Crippen molar-refractivity contribution in [2.75, 3.05) is 26.3 Å². The first-order valence-electron chi connectivity index (χ1n) is 7.22. The lowest BCUT2D eigenvalue weighted by molar-refractivity contribution is -0.137. The summed E-state index contributed by atoms with van der Waals surface area (Å²) in [5, 5.41) is 4.67. The number of sulfonamides is 1. The Kier molecular flexibility index (Phi) is 4.51. The van der Waals surface area contributed by atoms with E-state index in [-0.39, 0.29) is 11.4 Å². The molecule has 1 aromatic rings. The monoisotopic (exact) mass is 363 g/mol. The highest BCUT2D eigenvalue weighted by Crippen LogP contribution is 2.30. The first-order chi connectivity index (χ1) is 11.3. The number of rotatable bonds is 3. The molecule has 1 unspecified atom stereocenters. The summed E-state index contributed by atoms with van der Waals surface area (Å²) in [7, 11) is -3.93. The topological polar surface area (TPSA) is 77.0 Å². The van der Waals surface area contributed by atoms with E-state index in [9.17, 15) is 21.6 Å². The predicted molar refractivity (Wildman–Crippen MR) is 80.3 cm³/mol. The quantitative estimate of drug-likeness (QED) is 0.815. The third-order valence-corrected chi connectivity index (χ3v) is 5.74. The molecule has 0 aliphatic carbocycles. The molecule has 1 saturated heterocycles. The fourth-order valence-corrected chi connectivity index (χ4v) is 4.19. The number of nitrogens with zero attached hydrogens (tertiary/aromatic N) is 3. The molecular weight excluding hydrogens is 347 g/mol. The van der Waals surface area contributed by atoms with Gasteiger partial charge in [0.05, 0.1) is 10.5 Å². The van der Waals surface area contributed by atoms with E-state index < -0.39 is 27.9 Å². The number of hydrazine groups is 1. The van der Waals surface area contributed by atoms with Gasteiger partial charge in [-0.2, -0.15) is 17.5 Å². The highest BCUT2D eigenvalue weighted by molar-refractivity contribution is 7.89. The van der Waals surface area contributed by atoms with Crippen LogP contribution in [0.3, 0.4) is 0 Å². The average molecular weight is 363 g/mol. The van der Waals surface area contributed by atoms with Crippen LogP contribution in [0, 0.1) is 0 Å². The second-order valence-electron chi connectivity index (χ2n) is 5.34. The Labute approximate surface area is 137 Å². The van der Waals surface area contributed by atoms with E-state index in [1.807, 2.05) is 0 Å². The van der Waals surface area contributed by atoms with Crippen molar-refractivity contribution in [3.8, 4) is 0 Å². The second-order valence-corrected chi connectivity index (χ2v) is 7.23. The molecule has 2 aliphatic heterocycles. The molecule has 0 amide bonds. The lowest BCUT2D eigenvalue weighted by Crippen LogP contribution is -2.62. The van der Waals surface area contributed by atoms with Crippen LogP contribution in [0.1, 0.15) is 5.56 Å². The van der Waals surface area contributed by atoms with Crippen LogP contribution in [-0.4, -0.2) is 56.5 Å². The lowest BCUT2D eigenvalue weighted by Gasteiger charge is -2.39. The highest BCUT2D eigenvalue weighted by atomic mass is 32.2. The Balaban J connectivity index is 1.89. The minimum Gasteiger partial charge on any atom is -0.312 e.